The minimum absolute atomic E-state index is 0.0968. The van der Waals surface area contributed by atoms with Gasteiger partial charge in [-0.15, -0.1) is 11.6 Å². The monoisotopic (exact) mass is 289 g/mol. The molecule has 80 valence electrons. The van der Waals surface area contributed by atoms with E-state index in [9.17, 15) is 4.79 Å². The molecule has 0 saturated carbocycles. The van der Waals surface area contributed by atoms with Gasteiger partial charge in [-0.2, -0.15) is 0 Å². The zero-order chi connectivity index (χ0) is 11.4. The number of halogens is 2. The van der Waals surface area contributed by atoms with Gasteiger partial charge in [0.2, 0.25) is 0 Å². The standard InChI is InChI=1S/C9H9BrClN3O/c10-6-3-1-2-5(9(13)15)8(6)14-7(12)4-11/h1-3H,4H2,(H2,12,14)(H2,13,15). The van der Waals surface area contributed by atoms with Crippen LogP contribution < -0.4 is 11.5 Å². The number of benzene rings is 1. The van der Waals surface area contributed by atoms with Crippen LogP contribution in [0.2, 0.25) is 0 Å². The van der Waals surface area contributed by atoms with Crippen molar-refractivity contribution in [1.82, 2.24) is 0 Å². The van der Waals surface area contributed by atoms with E-state index in [0.29, 0.717) is 15.7 Å². The minimum Gasteiger partial charge on any atom is -0.386 e. The number of aliphatic imine (C=N–C) groups is 1. The first-order valence-electron chi connectivity index (χ1n) is 4.03. The third-order valence-electron chi connectivity index (χ3n) is 1.64. The molecule has 0 bridgehead atoms. The molecule has 0 fully saturated rings. The van der Waals surface area contributed by atoms with Crippen LogP contribution in [0.4, 0.5) is 5.69 Å². The summed E-state index contributed by atoms with van der Waals surface area (Å²) in [4.78, 5) is 15.1. The van der Waals surface area contributed by atoms with Crippen LogP contribution in [-0.2, 0) is 0 Å². The van der Waals surface area contributed by atoms with E-state index in [0.717, 1.165) is 0 Å². The lowest BCUT2D eigenvalue weighted by Gasteiger charge is -2.04. The Kier molecular flexibility index (Phi) is 4.11. The number of hydrogen-bond donors (Lipinski definition) is 2. The van der Waals surface area contributed by atoms with E-state index in [1.165, 1.54) is 0 Å². The first-order valence-corrected chi connectivity index (χ1v) is 5.36. The Bertz CT molecular complexity index is 420. The number of para-hydroxylation sites is 1. The highest BCUT2D eigenvalue weighted by Gasteiger charge is 2.10. The van der Waals surface area contributed by atoms with Crippen LogP contribution in [-0.4, -0.2) is 17.6 Å². The van der Waals surface area contributed by atoms with E-state index < -0.39 is 5.91 Å². The van der Waals surface area contributed by atoms with Crippen molar-refractivity contribution in [3.05, 3.63) is 28.2 Å². The second-order valence-corrected chi connectivity index (χ2v) is 3.86. The second-order valence-electron chi connectivity index (χ2n) is 2.74. The third-order valence-corrected chi connectivity index (χ3v) is 2.56. The summed E-state index contributed by atoms with van der Waals surface area (Å²) in [5.41, 5.74) is 11.4. The highest BCUT2D eigenvalue weighted by Crippen LogP contribution is 2.29. The lowest BCUT2D eigenvalue weighted by atomic mass is 10.2. The Labute approximate surface area is 100 Å². The van der Waals surface area contributed by atoms with Crippen molar-refractivity contribution in [2.75, 3.05) is 5.88 Å². The van der Waals surface area contributed by atoms with Crippen molar-refractivity contribution >= 4 is 45.0 Å². The fourth-order valence-electron chi connectivity index (χ4n) is 1.00. The van der Waals surface area contributed by atoms with Gasteiger partial charge < -0.3 is 11.5 Å². The summed E-state index contributed by atoms with van der Waals surface area (Å²) in [5, 5.41) is 0. The normalized spacial score (nSPS) is 11.5. The smallest absolute Gasteiger partial charge is 0.250 e. The first-order chi connectivity index (χ1) is 7.06. The number of nitrogens with zero attached hydrogens (tertiary/aromatic N) is 1. The Balaban J connectivity index is 3.31. The van der Waals surface area contributed by atoms with Crippen molar-refractivity contribution < 1.29 is 4.79 Å². The van der Waals surface area contributed by atoms with E-state index in [4.69, 9.17) is 23.1 Å². The zero-order valence-electron chi connectivity index (χ0n) is 7.71. The summed E-state index contributed by atoms with van der Waals surface area (Å²) in [6.45, 7) is 0. The number of primary amides is 1. The Hall–Kier alpha value is -1.07. The van der Waals surface area contributed by atoms with Gasteiger partial charge in [0.1, 0.15) is 5.84 Å². The summed E-state index contributed by atoms with van der Waals surface area (Å²) < 4.78 is 0.645. The number of rotatable bonds is 3. The molecule has 1 aromatic rings. The van der Waals surface area contributed by atoms with E-state index in [-0.39, 0.29) is 11.7 Å². The Morgan fingerprint density at radius 3 is 2.67 bits per heavy atom. The molecule has 6 heteroatoms. The molecule has 1 amide bonds. The molecule has 0 aliphatic rings. The van der Waals surface area contributed by atoms with Crippen molar-refractivity contribution in [1.29, 1.82) is 0 Å². The number of carbonyl (C=O) groups is 1. The number of alkyl halides is 1. The topological polar surface area (TPSA) is 81.5 Å². The molecule has 0 saturated heterocycles. The average molecular weight is 291 g/mol. The van der Waals surface area contributed by atoms with Gasteiger partial charge in [-0.05, 0) is 28.1 Å². The van der Waals surface area contributed by atoms with Crippen LogP contribution >= 0.6 is 27.5 Å². The molecular weight excluding hydrogens is 281 g/mol. The van der Waals surface area contributed by atoms with Crippen LogP contribution in [0.1, 0.15) is 10.4 Å². The number of nitrogens with two attached hydrogens (primary N) is 2. The molecule has 4 N–H and O–H groups in total. The van der Waals surface area contributed by atoms with Crippen LogP contribution in [0.3, 0.4) is 0 Å². The summed E-state index contributed by atoms with van der Waals surface area (Å²) in [6, 6.07) is 5.01. The van der Waals surface area contributed by atoms with Gasteiger partial charge in [0.15, 0.2) is 0 Å². The molecule has 1 rings (SSSR count). The second kappa shape index (κ2) is 5.14. The highest BCUT2D eigenvalue weighted by atomic mass is 79.9. The van der Waals surface area contributed by atoms with Gasteiger partial charge in [-0.3, -0.25) is 4.79 Å². The quantitative estimate of drug-likeness (QED) is 0.505. The van der Waals surface area contributed by atoms with E-state index in [2.05, 4.69) is 20.9 Å². The van der Waals surface area contributed by atoms with E-state index in [1.807, 2.05) is 0 Å². The zero-order valence-corrected chi connectivity index (χ0v) is 10.0. The molecule has 0 spiro atoms. The third kappa shape index (κ3) is 2.94. The SMILES string of the molecule is NC(=O)c1cccc(Br)c1N=C(N)CCl. The Morgan fingerprint density at radius 1 is 1.47 bits per heavy atom. The Morgan fingerprint density at radius 2 is 2.13 bits per heavy atom. The van der Waals surface area contributed by atoms with Crippen LogP contribution in [0.25, 0.3) is 0 Å². The van der Waals surface area contributed by atoms with Gasteiger partial charge in [-0.1, -0.05) is 6.07 Å². The summed E-state index contributed by atoms with van der Waals surface area (Å²) in [7, 11) is 0. The van der Waals surface area contributed by atoms with Crippen molar-refractivity contribution in [3.63, 3.8) is 0 Å². The summed E-state index contributed by atoms with van der Waals surface area (Å²) >= 11 is 8.76. The van der Waals surface area contributed by atoms with Crippen molar-refractivity contribution in [2.45, 2.75) is 0 Å². The fourth-order valence-corrected chi connectivity index (χ4v) is 1.52. The fraction of sp³-hybridized carbons (Fsp3) is 0.111. The maximum atomic E-state index is 11.1. The molecule has 0 radical (unpaired) electrons. The molecule has 0 aromatic heterocycles. The number of hydrogen-bond acceptors (Lipinski definition) is 2. The lowest BCUT2D eigenvalue weighted by molar-refractivity contribution is 0.100. The van der Waals surface area contributed by atoms with Gasteiger partial charge in [0, 0.05) is 4.47 Å². The number of amides is 1. The lowest BCUT2D eigenvalue weighted by Crippen LogP contribution is -2.15. The maximum Gasteiger partial charge on any atom is 0.250 e. The van der Waals surface area contributed by atoms with Gasteiger partial charge >= 0.3 is 0 Å². The van der Waals surface area contributed by atoms with Crippen molar-refractivity contribution in [2.24, 2.45) is 16.5 Å². The molecule has 0 aliphatic heterocycles. The molecular formula is C9H9BrClN3O. The average Bonchev–Trinajstić information content (AvgIpc) is 2.20. The number of amidine groups is 1. The molecule has 4 nitrogen and oxygen atoms in total. The van der Waals surface area contributed by atoms with E-state index in [1.54, 1.807) is 18.2 Å². The minimum atomic E-state index is -0.558. The summed E-state index contributed by atoms with van der Waals surface area (Å²) in [6.07, 6.45) is 0. The number of carbonyl (C=O) groups excluding carboxylic acids is 1. The van der Waals surface area contributed by atoms with Crippen LogP contribution in [0, 0.1) is 0 Å². The molecule has 1 aromatic carbocycles. The van der Waals surface area contributed by atoms with Gasteiger partial charge in [-0.25, -0.2) is 4.99 Å². The van der Waals surface area contributed by atoms with Gasteiger partial charge in [0.25, 0.3) is 5.91 Å². The first kappa shape index (κ1) is 12.0. The predicted molar refractivity (Wildman–Crippen MR) is 64.7 cm³/mol. The molecule has 0 atom stereocenters. The predicted octanol–water partition coefficient (Wildman–Crippen LogP) is 1.78. The largest absolute Gasteiger partial charge is 0.386 e. The summed E-state index contributed by atoms with van der Waals surface area (Å²) in [5.74, 6) is -0.233. The molecule has 0 heterocycles. The maximum absolute atomic E-state index is 11.1. The van der Waals surface area contributed by atoms with Crippen LogP contribution in [0.15, 0.2) is 27.7 Å². The van der Waals surface area contributed by atoms with Gasteiger partial charge in [0.05, 0.1) is 17.1 Å². The molecule has 0 unspecified atom stereocenters. The highest BCUT2D eigenvalue weighted by molar-refractivity contribution is 9.10. The van der Waals surface area contributed by atoms with E-state index >= 15 is 0 Å². The molecule has 15 heavy (non-hydrogen) atoms. The molecule has 0 aliphatic carbocycles. The van der Waals surface area contributed by atoms with Crippen molar-refractivity contribution in [3.8, 4) is 0 Å². The van der Waals surface area contributed by atoms with Crippen LogP contribution in [0.5, 0.6) is 0 Å².